The second kappa shape index (κ2) is 5.72. The molecule has 0 aromatic heterocycles. The summed E-state index contributed by atoms with van der Waals surface area (Å²) in [4.78, 5) is 26.2. The largest absolute Gasteiger partial charge is 0.480 e. The molecule has 0 radical (unpaired) electrons. The number of nitrogens with zero attached hydrogens (tertiary/aromatic N) is 1. The molecule has 22 heavy (non-hydrogen) atoms. The van der Waals surface area contributed by atoms with Crippen LogP contribution in [0.5, 0.6) is 0 Å². The standard InChI is InChI=1S/C17H21NO4/c1-18-13-8-5-10-17(18,11-9-13)22-16(21)14(15(19)20)12-6-3-2-4-7-12/h2-4,6-7,13-14H,5,8-11H2,1H3,(H,19,20)/t13-,14?,17-/m1/s1. The van der Waals surface area contributed by atoms with E-state index in [0.29, 0.717) is 11.6 Å². The number of carbonyl (C=O) groups excluding carboxylic acids is 1. The van der Waals surface area contributed by atoms with Crippen LogP contribution in [0.1, 0.15) is 43.6 Å². The van der Waals surface area contributed by atoms with Crippen molar-refractivity contribution in [2.75, 3.05) is 7.05 Å². The minimum atomic E-state index is -1.26. The third-order valence-electron chi connectivity index (χ3n) is 5.07. The normalized spacial score (nSPS) is 29.0. The summed E-state index contributed by atoms with van der Waals surface area (Å²) >= 11 is 0. The maximum Gasteiger partial charge on any atom is 0.326 e. The van der Waals surface area contributed by atoms with Crippen molar-refractivity contribution < 1.29 is 19.4 Å². The maximum absolute atomic E-state index is 12.6. The summed E-state index contributed by atoms with van der Waals surface area (Å²) in [6.45, 7) is 0. The van der Waals surface area contributed by atoms with E-state index in [0.717, 1.165) is 32.1 Å². The fourth-order valence-electron chi connectivity index (χ4n) is 3.79. The topological polar surface area (TPSA) is 66.8 Å². The minimum Gasteiger partial charge on any atom is -0.480 e. The zero-order chi connectivity index (χ0) is 15.7. The van der Waals surface area contributed by atoms with E-state index in [4.69, 9.17) is 4.74 Å². The molecule has 5 heteroatoms. The van der Waals surface area contributed by atoms with Gasteiger partial charge in [-0.3, -0.25) is 14.5 Å². The summed E-state index contributed by atoms with van der Waals surface area (Å²) < 4.78 is 5.77. The molecule has 0 amide bonds. The molecule has 2 saturated heterocycles. The number of carbonyl (C=O) groups is 2. The van der Waals surface area contributed by atoms with Crippen LogP contribution in [0, 0.1) is 0 Å². The first-order chi connectivity index (χ1) is 10.5. The van der Waals surface area contributed by atoms with Gasteiger partial charge in [-0.2, -0.15) is 0 Å². The Hall–Kier alpha value is -1.88. The van der Waals surface area contributed by atoms with Gasteiger partial charge in [0.15, 0.2) is 11.6 Å². The van der Waals surface area contributed by atoms with Gasteiger partial charge >= 0.3 is 11.9 Å². The number of benzene rings is 1. The van der Waals surface area contributed by atoms with Crippen LogP contribution in [-0.4, -0.2) is 40.8 Å². The van der Waals surface area contributed by atoms with Gasteiger partial charge in [0, 0.05) is 18.9 Å². The van der Waals surface area contributed by atoms with Crippen molar-refractivity contribution in [1.82, 2.24) is 4.90 Å². The van der Waals surface area contributed by atoms with E-state index in [1.807, 2.05) is 7.05 Å². The van der Waals surface area contributed by atoms with Crippen LogP contribution < -0.4 is 0 Å². The summed E-state index contributed by atoms with van der Waals surface area (Å²) in [6, 6.07) is 9.01. The quantitative estimate of drug-likeness (QED) is 0.683. The van der Waals surface area contributed by atoms with E-state index in [1.165, 1.54) is 0 Å². The number of fused-ring (bicyclic) bond motifs is 2. The second-order valence-electron chi connectivity index (χ2n) is 6.24. The van der Waals surface area contributed by atoms with Crippen molar-refractivity contribution in [3.8, 4) is 0 Å². The first-order valence-electron chi connectivity index (χ1n) is 7.77. The van der Waals surface area contributed by atoms with Gasteiger partial charge < -0.3 is 9.84 Å². The zero-order valence-corrected chi connectivity index (χ0v) is 12.7. The number of hydrogen-bond donors (Lipinski definition) is 1. The van der Waals surface area contributed by atoms with E-state index < -0.39 is 23.6 Å². The average molecular weight is 303 g/mol. The van der Waals surface area contributed by atoms with Gasteiger partial charge in [-0.1, -0.05) is 30.3 Å². The summed E-state index contributed by atoms with van der Waals surface area (Å²) in [5.74, 6) is -3.08. The Kier molecular flexibility index (Phi) is 3.91. The van der Waals surface area contributed by atoms with Crippen molar-refractivity contribution >= 4 is 11.9 Å². The van der Waals surface area contributed by atoms with Crippen LogP contribution in [0.25, 0.3) is 0 Å². The Morgan fingerprint density at radius 1 is 1.27 bits per heavy atom. The predicted octanol–water partition coefficient (Wildman–Crippen LogP) is 2.37. The Bertz CT molecular complexity index is 569. The fraction of sp³-hybridized carbons (Fsp3) is 0.529. The van der Waals surface area contributed by atoms with Crippen molar-refractivity contribution in [3.63, 3.8) is 0 Å². The molecule has 3 rings (SSSR count). The van der Waals surface area contributed by atoms with Gasteiger partial charge in [0.1, 0.15) is 0 Å². The first-order valence-corrected chi connectivity index (χ1v) is 7.77. The summed E-state index contributed by atoms with van der Waals surface area (Å²) in [5.41, 5.74) is -0.146. The Balaban J connectivity index is 1.82. The van der Waals surface area contributed by atoms with Gasteiger partial charge in [-0.05, 0) is 31.9 Å². The van der Waals surface area contributed by atoms with Gasteiger partial charge in [0.25, 0.3) is 0 Å². The number of esters is 1. The Morgan fingerprint density at radius 2 is 2.00 bits per heavy atom. The van der Waals surface area contributed by atoms with Crippen molar-refractivity contribution in [2.24, 2.45) is 0 Å². The number of hydrogen-bond acceptors (Lipinski definition) is 4. The molecule has 5 nitrogen and oxygen atoms in total. The monoisotopic (exact) mass is 303 g/mol. The molecule has 1 aromatic carbocycles. The molecular weight excluding hydrogens is 282 g/mol. The van der Waals surface area contributed by atoms with Crippen LogP contribution >= 0.6 is 0 Å². The lowest BCUT2D eigenvalue weighted by Crippen LogP contribution is -2.51. The average Bonchev–Trinajstić information content (AvgIpc) is 2.67. The Morgan fingerprint density at radius 3 is 2.68 bits per heavy atom. The van der Waals surface area contributed by atoms with E-state index in [-0.39, 0.29) is 0 Å². The lowest BCUT2D eigenvalue weighted by atomic mass is 9.97. The second-order valence-corrected chi connectivity index (χ2v) is 6.24. The van der Waals surface area contributed by atoms with Gasteiger partial charge in [-0.25, -0.2) is 0 Å². The van der Waals surface area contributed by atoms with E-state index >= 15 is 0 Å². The van der Waals surface area contributed by atoms with Crippen molar-refractivity contribution in [1.29, 1.82) is 0 Å². The van der Waals surface area contributed by atoms with E-state index in [9.17, 15) is 14.7 Å². The van der Waals surface area contributed by atoms with Crippen LogP contribution in [0.2, 0.25) is 0 Å². The predicted molar refractivity (Wildman–Crippen MR) is 80.3 cm³/mol. The number of piperidine rings is 1. The number of carboxylic acids is 1. The highest BCUT2D eigenvalue weighted by atomic mass is 16.6. The number of ether oxygens (including phenoxy) is 1. The third-order valence-corrected chi connectivity index (χ3v) is 5.07. The summed E-state index contributed by atoms with van der Waals surface area (Å²) in [6.07, 6.45) is 4.73. The molecule has 3 atom stereocenters. The van der Waals surface area contributed by atoms with Gasteiger partial charge in [0.2, 0.25) is 0 Å². The first kappa shape index (κ1) is 15.0. The highest BCUT2D eigenvalue weighted by Gasteiger charge is 2.50. The van der Waals surface area contributed by atoms with Gasteiger partial charge in [-0.15, -0.1) is 0 Å². The molecule has 0 aliphatic carbocycles. The SMILES string of the molecule is CN1[C@@H]2CCC[C@@]1(OC(=O)C(C(=O)O)c1ccccc1)CC2. The third kappa shape index (κ3) is 2.50. The molecule has 0 saturated carbocycles. The van der Waals surface area contributed by atoms with Crippen molar-refractivity contribution in [2.45, 2.75) is 49.8 Å². The minimum absolute atomic E-state index is 0.446. The smallest absolute Gasteiger partial charge is 0.326 e. The zero-order valence-electron chi connectivity index (χ0n) is 12.7. The molecule has 2 aliphatic rings. The number of rotatable bonds is 4. The van der Waals surface area contributed by atoms with Crippen LogP contribution in [0.15, 0.2) is 30.3 Å². The van der Waals surface area contributed by atoms with Crippen LogP contribution in [0.3, 0.4) is 0 Å². The van der Waals surface area contributed by atoms with Crippen LogP contribution in [-0.2, 0) is 14.3 Å². The fourth-order valence-corrected chi connectivity index (χ4v) is 3.79. The molecule has 118 valence electrons. The van der Waals surface area contributed by atoms with E-state index in [1.54, 1.807) is 30.3 Å². The molecule has 2 heterocycles. The highest BCUT2D eigenvalue weighted by molar-refractivity contribution is 6.00. The highest BCUT2D eigenvalue weighted by Crippen LogP contribution is 2.44. The number of carboxylic acid groups (broad SMARTS) is 1. The summed E-state index contributed by atoms with van der Waals surface area (Å²) in [7, 11) is 1.97. The van der Waals surface area contributed by atoms with E-state index in [2.05, 4.69) is 4.90 Å². The molecule has 1 N–H and O–H groups in total. The lowest BCUT2D eigenvalue weighted by Gasteiger charge is -2.42. The maximum atomic E-state index is 12.6. The number of aliphatic carboxylic acids is 1. The van der Waals surface area contributed by atoms with Crippen LogP contribution in [0.4, 0.5) is 0 Å². The lowest BCUT2D eigenvalue weighted by molar-refractivity contribution is -0.188. The molecule has 1 unspecified atom stereocenters. The molecule has 2 aliphatic heterocycles. The Labute approximate surface area is 129 Å². The summed E-state index contributed by atoms with van der Waals surface area (Å²) in [5, 5.41) is 9.45. The molecular formula is C17H21NO4. The van der Waals surface area contributed by atoms with Crippen molar-refractivity contribution in [3.05, 3.63) is 35.9 Å². The molecule has 2 bridgehead atoms. The molecule has 2 fully saturated rings. The molecule has 0 spiro atoms. The molecule has 1 aromatic rings. The van der Waals surface area contributed by atoms with Gasteiger partial charge in [0.05, 0.1) is 0 Å².